The Kier molecular flexibility index (Phi) is 6.08. The van der Waals surface area contributed by atoms with E-state index in [0.29, 0.717) is 11.3 Å². The molecule has 2 amide bonds. The number of amides is 2. The molecule has 1 aliphatic heterocycles. The molecule has 0 saturated carbocycles. The largest absolute Gasteiger partial charge is 0.367 e. The monoisotopic (exact) mass is 366 g/mol. The van der Waals surface area contributed by atoms with Crippen molar-refractivity contribution in [2.45, 2.75) is 13.8 Å². The topological polar surface area (TPSA) is 64.7 Å². The number of likely N-dealkylation sites (N-methyl/N-ethyl adjacent to an activating group) is 1. The number of carbonyl (C=O) groups is 2. The van der Waals surface area contributed by atoms with Gasteiger partial charge in [0.2, 0.25) is 5.91 Å². The fourth-order valence-corrected chi connectivity index (χ4v) is 3.30. The van der Waals surface area contributed by atoms with Gasteiger partial charge in [-0.05, 0) is 36.9 Å². The van der Waals surface area contributed by atoms with E-state index in [1.807, 2.05) is 24.3 Å². The second-order valence-corrected chi connectivity index (χ2v) is 6.65. The van der Waals surface area contributed by atoms with Gasteiger partial charge in [-0.1, -0.05) is 25.1 Å². The van der Waals surface area contributed by atoms with Gasteiger partial charge in [-0.15, -0.1) is 0 Å². The number of nitrogens with zero attached hydrogens (tertiary/aromatic N) is 2. The van der Waals surface area contributed by atoms with Crippen LogP contribution >= 0.6 is 0 Å². The molecule has 0 aromatic heterocycles. The van der Waals surface area contributed by atoms with Crippen molar-refractivity contribution >= 4 is 28.9 Å². The predicted molar refractivity (Wildman–Crippen MR) is 109 cm³/mol. The third kappa shape index (κ3) is 4.86. The van der Waals surface area contributed by atoms with E-state index >= 15 is 0 Å². The third-order valence-corrected chi connectivity index (χ3v) is 4.76. The lowest BCUT2D eigenvalue weighted by Crippen LogP contribution is -2.46. The van der Waals surface area contributed by atoms with Gasteiger partial charge < -0.3 is 20.4 Å². The van der Waals surface area contributed by atoms with Crippen LogP contribution in [0.15, 0.2) is 48.5 Å². The van der Waals surface area contributed by atoms with Crippen LogP contribution in [0, 0.1) is 0 Å². The molecule has 0 aliphatic carbocycles. The van der Waals surface area contributed by atoms with E-state index in [2.05, 4.69) is 27.4 Å². The Labute approximate surface area is 160 Å². The number of carbonyl (C=O) groups excluding carboxylic acids is 2. The number of hydrogen-bond acceptors (Lipinski definition) is 4. The molecule has 2 aromatic carbocycles. The van der Waals surface area contributed by atoms with E-state index in [0.717, 1.165) is 44.1 Å². The van der Waals surface area contributed by atoms with E-state index in [9.17, 15) is 9.59 Å². The van der Waals surface area contributed by atoms with Crippen LogP contribution in [-0.4, -0.2) is 49.4 Å². The number of hydrogen-bond donors (Lipinski definition) is 2. The Morgan fingerprint density at radius 3 is 2.41 bits per heavy atom. The molecule has 0 bridgehead atoms. The van der Waals surface area contributed by atoms with Gasteiger partial charge in [0.1, 0.15) is 0 Å². The lowest BCUT2D eigenvalue weighted by atomic mass is 10.1. The highest BCUT2D eigenvalue weighted by atomic mass is 16.2. The van der Waals surface area contributed by atoms with Crippen LogP contribution in [0.2, 0.25) is 0 Å². The molecule has 1 saturated heterocycles. The van der Waals surface area contributed by atoms with Gasteiger partial charge in [0, 0.05) is 44.4 Å². The number of nitrogens with one attached hydrogen (secondary N) is 2. The average molecular weight is 366 g/mol. The summed E-state index contributed by atoms with van der Waals surface area (Å²) in [5, 5.41) is 5.73. The summed E-state index contributed by atoms with van der Waals surface area (Å²) in [4.78, 5) is 28.7. The minimum Gasteiger partial charge on any atom is -0.367 e. The van der Waals surface area contributed by atoms with Crippen LogP contribution in [-0.2, 0) is 4.79 Å². The standard InChI is InChI=1S/C21H26N4O2/c1-3-24-11-13-25(14-12-24)20-10-5-4-9-19(20)23-21(27)17-7-6-8-18(15-17)22-16(2)26/h4-10,15H,3,11-14H2,1-2H3,(H,22,26)(H,23,27). The second kappa shape index (κ2) is 8.68. The predicted octanol–water partition coefficient (Wildman–Crippen LogP) is 3.04. The number of para-hydroxylation sites is 2. The summed E-state index contributed by atoms with van der Waals surface area (Å²) in [6.45, 7) is 8.63. The molecule has 2 aromatic rings. The first-order valence-electron chi connectivity index (χ1n) is 9.32. The maximum Gasteiger partial charge on any atom is 0.255 e. The van der Waals surface area contributed by atoms with Gasteiger partial charge in [-0.2, -0.15) is 0 Å². The molecular formula is C21H26N4O2. The number of piperazine rings is 1. The third-order valence-electron chi connectivity index (χ3n) is 4.76. The molecule has 6 heteroatoms. The van der Waals surface area contributed by atoms with Crippen molar-refractivity contribution < 1.29 is 9.59 Å². The van der Waals surface area contributed by atoms with Crippen molar-refractivity contribution in [3.8, 4) is 0 Å². The Morgan fingerprint density at radius 1 is 0.963 bits per heavy atom. The van der Waals surface area contributed by atoms with Crippen LogP contribution in [0.25, 0.3) is 0 Å². The maximum absolute atomic E-state index is 12.7. The first kappa shape index (κ1) is 18.9. The summed E-state index contributed by atoms with van der Waals surface area (Å²) >= 11 is 0. The van der Waals surface area contributed by atoms with Crippen LogP contribution in [0.1, 0.15) is 24.2 Å². The van der Waals surface area contributed by atoms with Gasteiger partial charge in [0.25, 0.3) is 5.91 Å². The fraction of sp³-hybridized carbons (Fsp3) is 0.333. The van der Waals surface area contributed by atoms with E-state index in [1.165, 1.54) is 6.92 Å². The van der Waals surface area contributed by atoms with Crippen LogP contribution in [0.5, 0.6) is 0 Å². The second-order valence-electron chi connectivity index (χ2n) is 6.65. The number of rotatable bonds is 5. The van der Waals surface area contributed by atoms with Crippen molar-refractivity contribution in [2.24, 2.45) is 0 Å². The van der Waals surface area contributed by atoms with Gasteiger partial charge in [-0.25, -0.2) is 0 Å². The molecule has 27 heavy (non-hydrogen) atoms. The van der Waals surface area contributed by atoms with Crippen molar-refractivity contribution in [3.63, 3.8) is 0 Å². The molecule has 0 radical (unpaired) electrons. The quantitative estimate of drug-likeness (QED) is 0.854. The molecule has 1 aliphatic rings. The number of benzene rings is 2. The zero-order valence-electron chi connectivity index (χ0n) is 15.9. The van der Waals surface area contributed by atoms with Crippen molar-refractivity contribution in [1.82, 2.24) is 4.90 Å². The molecule has 3 rings (SSSR count). The van der Waals surface area contributed by atoms with E-state index in [-0.39, 0.29) is 11.8 Å². The Balaban J connectivity index is 1.74. The summed E-state index contributed by atoms with van der Waals surface area (Å²) in [5.74, 6) is -0.356. The zero-order valence-corrected chi connectivity index (χ0v) is 15.9. The molecule has 0 unspecified atom stereocenters. The molecule has 6 nitrogen and oxygen atoms in total. The summed E-state index contributed by atoms with van der Waals surface area (Å²) in [7, 11) is 0. The highest BCUT2D eigenvalue weighted by molar-refractivity contribution is 6.06. The summed E-state index contributed by atoms with van der Waals surface area (Å²) in [6.07, 6.45) is 0. The van der Waals surface area contributed by atoms with Crippen LogP contribution < -0.4 is 15.5 Å². The lowest BCUT2D eigenvalue weighted by molar-refractivity contribution is -0.114. The maximum atomic E-state index is 12.7. The average Bonchev–Trinajstić information content (AvgIpc) is 2.68. The van der Waals surface area contributed by atoms with E-state index in [4.69, 9.17) is 0 Å². The first-order chi connectivity index (χ1) is 13.1. The molecule has 0 atom stereocenters. The highest BCUT2D eigenvalue weighted by Gasteiger charge is 2.19. The van der Waals surface area contributed by atoms with E-state index in [1.54, 1.807) is 24.3 Å². The SMILES string of the molecule is CCN1CCN(c2ccccc2NC(=O)c2cccc(NC(C)=O)c2)CC1. The lowest BCUT2D eigenvalue weighted by Gasteiger charge is -2.36. The normalized spacial score (nSPS) is 14.7. The Hall–Kier alpha value is -2.86. The molecular weight excluding hydrogens is 340 g/mol. The molecule has 2 N–H and O–H groups in total. The summed E-state index contributed by atoms with van der Waals surface area (Å²) < 4.78 is 0. The van der Waals surface area contributed by atoms with Gasteiger partial charge in [0.05, 0.1) is 11.4 Å². The van der Waals surface area contributed by atoms with Crippen molar-refractivity contribution in [2.75, 3.05) is 48.3 Å². The van der Waals surface area contributed by atoms with E-state index < -0.39 is 0 Å². The van der Waals surface area contributed by atoms with Crippen LogP contribution in [0.3, 0.4) is 0 Å². The van der Waals surface area contributed by atoms with Crippen molar-refractivity contribution in [1.29, 1.82) is 0 Å². The van der Waals surface area contributed by atoms with Gasteiger partial charge in [0.15, 0.2) is 0 Å². The van der Waals surface area contributed by atoms with Gasteiger partial charge in [-0.3, -0.25) is 9.59 Å². The minimum atomic E-state index is -0.193. The van der Waals surface area contributed by atoms with Crippen LogP contribution in [0.4, 0.5) is 17.1 Å². The van der Waals surface area contributed by atoms with Gasteiger partial charge >= 0.3 is 0 Å². The Bertz CT molecular complexity index is 813. The summed E-state index contributed by atoms with van der Waals surface area (Å²) in [5.41, 5.74) is 2.96. The Morgan fingerprint density at radius 2 is 1.70 bits per heavy atom. The number of anilines is 3. The molecule has 0 spiro atoms. The highest BCUT2D eigenvalue weighted by Crippen LogP contribution is 2.27. The molecule has 142 valence electrons. The zero-order chi connectivity index (χ0) is 19.2. The fourth-order valence-electron chi connectivity index (χ4n) is 3.30. The molecule has 1 heterocycles. The van der Waals surface area contributed by atoms with Crippen molar-refractivity contribution in [3.05, 3.63) is 54.1 Å². The summed E-state index contributed by atoms with van der Waals surface area (Å²) in [6, 6.07) is 14.8. The minimum absolute atomic E-state index is 0.163. The smallest absolute Gasteiger partial charge is 0.255 e. The first-order valence-corrected chi connectivity index (χ1v) is 9.32. The molecule has 1 fully saturated rings.